The summed E-state index contributed by atoms with van der Waals surface area (Å²) in [6, 6.07) is 11.1. The number of aryl methyl sites for hydroxylation is 2. The monoisotopic (exact) mass is 332 g/mol. The number of hydrogen-bond acceptors (Lipinski definition) is 2. The van der Waals surface area contributed by atoms with Gasteiger partial charge in [-0.25, -0.2) is 0 Å². The molecule has 2 rings (SSSR count). The smallest absolute Gasteiger partial charge is 0.0422 e. The second-order valence-corrected chi connectivity index (χ2v) is 6.00. The molecule has 3 heteroatoms. The molecular weight excluding hydrogens is 312 g/mol. The van der Waals surface area contributed by atoms with Crippen LogP contribution < -0.4 is 5.32 Å². The van der Waals surface area contributed by atoms with Crippen LogP contribution in [0.2, 0.25) is 0 Å². The normalized spacial score (nSPS) is 12.4. The van der Waals surface area contributed by atoms with Gasteiger partial charge < -0.3 is 5.32 Å². The average molecular weight is 333 g/mol. The number of benzene rings is 1. The number of nitrogens with one attached hydrogen (secondary N) is 1. The highest BCUT2D eigenvalue weighted by Crippen LogP contribution is 2.24. The van der Waals surface area contributed by atoms with Gasteiger partial charge >= 0.3 is 0 Å². The molecule has 2 nitrogen and oxygen atoms in total. The number of rotatable bonds is 5. The molecule has 0 fully saturated rings. The molecule has 1 heterocycles. The van der Waals surface area contributed by atoms with Crippen molar-refractivity contribution in [2.24, 2.45) is 0 Å². The zero-order chi connectivity index (χ0) is 14.5. The highest BCUT2D eigenvalue weighted by molar-refractivity contribution is 9.10. The Balaban J connectivity index is 2.21. The molecule has 0 saturated heterocycles. The van der Waals surface area contributed by atoms with Crippen LogP contribution in [0.3, 0.4) is 0 Å². The Kier molecular flexibility index (Phi) is 5.32. The predicted octanol–water partition coefficient (Wildman–Crippen LogP) is 4.35. The molecule has 106 valence electrons. The lowest BCUT2D eigenvalue weighted by Crippen LogP contribution is -2.23. The van der Waals surface area contributed by atoms with E-state index in [0.29, 0.717) is 6.04 Å². The van der Waals surface area contributed by atoms with Gasteiger partial charge in [0.05, 0.1) is 0 Å². The van der Waals surface area contributed by atoms with Crippen molar-refractivity contribution < 1.29 is 0 Å². The SMILES string of the molecule is CCNC(Cc1ccc(C)cn1)c1ccc(C)c(Br)c1. The number of aromatic nitrogens is 1. The molecule has 0 spiro atoms. The van der Waals surface area contributed by atoms with Crippen LogP contribution in [-0.2, 0) is 6.42 Å². The maximum absolute atomic E-state index is 4.51. The average Bonchev–Trinajstić information content (AvgIpc) is 2.44. The van der Waals surface area contributed by atoms with E-state index in [-0.39, 0.29) is 0 Å². The van der Waals surface area contributed by atoms with Crippen LogP contribution in [0.1, 0.15) is 35.3 Å². The Morgan fingerprint density at radius 2 is 2.00 bits per heavy atom. The summed E-state index contributed by atoms with van der Waals surface area (Å²) in [6.45, 7) is 7.26. The number of likely N-dealkylation sites (N-methyl/N-ethyl adjacent to an activating group) is 1. The third-order valence-corrected chi connectivity index (χ3v) is 4.29. The summed E-state index contributed by atoms with van der Waals surface area (Å²) in [5, 5.41) is 3.55. The van der Waals surface area contributed by atoms with Crippen molar-refractivity contribution in [1.82, 2.24) is 10.3 Å². The van der Waals surface area contributed by atoms with E-state index in [0.717, 1.165) is 23.1 Å². The zero-order valence-electron chi connectivity index (χ0n) is 12.3. The zero-order valence-corrected chi connectivity index (χ0v) is 13.9. The standard InChI is InChI=1S/C17H21BrN2/c1-4-19-17(10-15-8-5-12(2)11-20-15)14-7-6-13(3)16(18)9-14/h5-9,11,17,19H,4,10H2,1-3H3. The van der Waals surface area contributed by atoms with E-state index >= 15 is 0 Å². The van der Waals surface area contributed by atoms with Crippen LogP contribution in [0.4, 0.5) is 0 Å². The van der Waals surface area contributed by atoms with Gasteiger partial charge in [-0.15, -0.1) is 0 Å². The molecule has 0 amide bonds. The van der Waals surface area contributed by atoms with Crippen molar-refractivity contribution >= 4 is 15.9 Å². The molecule has 1 atom stereocenters. The van der Waals surface area contributed by atoms with Gasteiger partial charge in [-0.3, -0.25) is 4.98 Å². The highest BCUT2D eigenvalue weighted by atomic mass is 79.9. The van der Waals surface area contributed by atoms with Gasteiger partial charge in [-0.1, -0.05) is 41.1 Å². The Labute approximate surface area is 129 Å². The Morgan fingerprint density at radius 3 is 2.60 bits per heavy atom. The summed E-state index contributed by atoms with van der Waals surface area (Å²) in [7, 11) is 0. The van der Waals surface area contributed by atoms with Crippen LogP contribution in [0.25, 0.3) is 0 Å². The summed E-state index contributed by atoms with van der Waals surface area (Å²) in [4.78, 5) is 4.51. The number of nitrogens with zero attached hydrogens (tertiary/aromatic N) is 1. The Morgan fingerprint density at radius 1 is 1.20 bits per heavy atom. The quantitative estimate of drug-likeness (QED) is 0.880. The molecule has 1 aromatic carbocycles. The Bertz CT molecular complexity index is 564. The van der Waals surface area contributed by atoms with E-state index in [1.165, 1.54) is 16.7 Å². The molecule has 0 aliphatic rings. The topological polar surface area (TPSA) is 24.9 Å². The van der Waals surface area contributed by atoms with Crippen molar-refractivity contribution in [3.8, 4) is 0 Å². The van der Waals surface area contributed by atoms with Crippen molar-refractivity contribution in [2.45, 2.75) is 33.2 Å². The van der Waals surface area contributed by atoms with Gasteiger partial charge in [-0.05, 0) is 49.2 Å². The molecule has 0 bridgehead atoms. The number of pyridine rings is 1. The predicted molar refractivity (Wildman–Crippen MR) is 88.0 cm³/mol. The summed E-state index contributed by atoms with van der Waals surface area (Å²) in [6.07, 6.45) is 2.84. The van der Waals surface area contributed by atoms with Crippen molar-refractivity contribution in [3.63, 3.8) is 0 Å². The second-order valence-electron chi connectivity index (χ2n) is 5.15. The first-order chi connectivity index (χ1) is 9.60. The van der Waals surface area contributed by atoms with Gasteiger partial charge in [0.2, 0.25) is 0 Å². The summed E-state index contributed by atoms with van der Waals surface area (Å²) in [5.41, 5.74) is 4.88. The minimum Gasteiger partial charge on any atom is -0.310 e. The molecule has 0 aliphatic carbocycles. The third kappa shape index (κ3) is 3.90. The third-order valence-electron chi connectivity index (χ3n) is 3.43. The van der Waals surface area contributed by atoms with E-state index in [4.69, 9.17) is 0 Å². The lowest BCUT2D eigenvalue weighted by molar-refractivity contribution is 0.543. The highest BCUT2D eigenvalue weighted by Gasteiger charge is 2.12. The van der Waals surface area contributed by atoms with Crippen LogP contribution in [0.5, 0.6) is 0 Å². The fourth-order valence-corrected chi connectivity index (χ4v) is 2.60. The van der Waals surface area contributed by atoms with Crippen molar-refractivity contribution in [3.05, 3.63) is 63.4 Å². The first-order valence-electron chi connectivity index (χ1n) is 7.01. The molecule has 20 heavy (non-hydrogen) atoms. The maximum atomic E-state index is 4.51. The maximum Gasteiger partial charge on any atom is 0.0422 e. The minimum atomic E-state index is 0.298. The fourth-order valence-electron chi connectivity index (χ4n) is 2.21. The van der Waals surface area contributed by atoms with Gasteiger partial charge in [0.15, 0.2) is 0 Å². The van der Waals surface area contributed by atoms with Crippen molar-refractivity contribution in [1.29, 1.82) is 0 Å². The molecule has 0 aliphatic heterocycles. The van der Waals surface area contributed by atoms with Gasteiger partial charge in [0.1, 0.15) is 0 Å². The van der Waals surface area contributed by atoms with Crippen LogP contribution in [0, 0.1) is 13.8 Å². The second kappa shape index (κ2) is 7.00. The molecule has 0 saturated carbocycles. The fraction of sp³-hybridized carbons (Fsp3) is 0.353. The molecule has 1 unspecified atom stereocenters. The largest absolute Gasteiger partial charge is 0.310 e. The summed E-state index contributed by atoms with van der Waals surface area (Å²) in [5.74, 6) is 0. The van der Waals surface area contributed by atoms with Crippen LogP contribution >= 0.6 is 15.9 Å². The number of halogens is 1. The van der Waals surface area contributed by atoms with E-state index in [1.54, 1.807) is 0 Å². The van der Waals surface area contributed by atoms with E-state index in [9.17, 15) is 0 Å². The molecular formula is C17H21BrN2. The van der Waals surface area contributed by atoms with E-state index in [1.807, 2.05) is 6.20 Å². The van der Waals surface area contributed by atoms with Gasteiger partial charge in [0, 0.05) is 28.8 Å². The molecule has 0 radical (unpaired) electrons. The lowest BCUT2D eigenvalue weighted by atomic mass is 10.00. The van der Waals surface area contributed by atoms with Crippen LogP contribution in [0.15, 0.2) is 41.0 Å². The first kappa shape index (κ1) is 15.2. The minimum absolute atomic E-state index is 0.298. The Hall–Kier alpha value is -1.19. The van der Waals surface area contributed by atoms with Crippen molar-refractivity contribution in [2.75, 3.05) is 6.54 Å². The van der Waals surface area contributed by atoms with Crippen LogP contribution in [-0.4, -0.2) is 11.5 Å². The lowest BCUT2D eigenvalue weighted by Gasteiger charge is -2.19. The summed E-state index contributed by atoms with van der Waals surface area (Å²) < 4.78 is 1.16. The molecule has 1 aromatic heterocycles. The van der Waals surface area contributed by atoms with Gasteiger partial charge in [0.25, 0.3) is 0 Å². The molecule has 2 aromatic rings. The van der Waals surface area contributed by atoms with E-state index < -0.39 is 0 Å². The number of hydrogen-bond donors (Lipinski definition) is 1. The molecule has 1 N–H and O–H groups in total. The van der Waals surface area contributed by atoms with E-state index in [2.05, 4.69) is 77.3 Å². The summed E-state index contributed by atoms with van der Waals surface area (Å²) >= 11 is 3.62. The first-order valence-corrected chi connectivity index (χ1v) is 7.80. The van der Waals surface area contributed by atoms with Gasteiger partial charge in [-0.2, -0.15) is 0 Å².